The molecular formula is C23H25N3O3S. The van der Waals surface area contributed by atoms with E-state index in [1.165, 1.54) is 11.3 Å². The summed E-state index contributed by atoms with van der Waals surface area (Å²) in [4.78, 5) is 43.2. The number of imide groups is 1. The molecule has 1 saturated carbocycles. The number of fused-ring (bicyclic) bond motifs is 2. The van der Waals surface area contributed by atoms with Crippen LogP contribution in [0.15, 0.2) is 41.8 Å². The first-order valence-corrected chi connectivity index (χ1v) is 11.4. The molecule has 6 nitrogen and oxygen atoms in total. The third-order valence-electron chi connectivity index (χ3n) is 6.68. The summed E-state index contributed by atoms with van der Waals surface area (Å²) >= 11 is 1.50. The van der Waals surface area contributed by atoms with Gasteiger partial charge in [-0.1, -0.05) is 30.3 Å². The number of thiophene rings is 1. The Morgan fingerprint density at radius 1 is 1.27 bits per heavy atom. The van der Waals surface area contributed by atoms with E-state index in [-0.39, 0.29) is 24.4 Å². The van der Waals surface area contributed by atoms with Crippen molar-refractivity contribution in [2.24, 2.45) is 5.92 Å². The molecule has 1 aliphatic heterocycles. The molecule has 2 fully saturated rings. The lowest BCUT2D eigenvalue weighted by Crippen LogP contribution is -2.47. The summed E-state index contributed by atoms with van der Waals surface area (Å²) in [5.74, 6) is 0.0274. The third kappa shape index (κ3) is 3.12. The normalized spacial score (nSPS) is 23.6. The lowest BCUT2D eigenvalue weighted by Gasteiger charge is -2.31. The Morgan fingerprint density at radius 3 is 2.77 bits per heavy atom. The van der Waals surface area contributed by atoms with E-state index >= 15 is 0 Å². The maximum atomic E-state index is 13.3. The maximum Gasteiger partial charge on any atom is 0.325 e. The number of urea groups is 1. The van der Waals surface area contributed by atoms with Crippen LogP contribution in [-0.2, 0) is 28.1 Å². The van der Waals surface area contributed by atoms with Crippen LogP contribution in [0.1, 0.15) is 42.2 Å². The second-order valence-electron chi connectivity index (χ2n) is 8.59. The lowest BCUT2D eigenvalue weighted by molar-refractivity contribution is -0.141. The zero-order chi connectivity index (χ0) is 20.9. The van der Waals surface area contributed by atoms with Crippen molar-refractivity contribution in [1.82, 2.24) is 15.1 Å². The minimum absolute atomic E-state index is 0.0859. The highest BCUT2D eigenvalue weighted by molar-refractivity contribution is 7.10. The number of hydrogen-bond donors (Lipinski definition) is 1. The van der Waals surface area contributed by atoms with Crippen LogP contribution in [0.25, 0.3) is 0 Å². The van der Waals surface area contributed by atoms with Gasteiger partial charge in [0.15, 0.2) is 5.54 Å². The van der Waals surface area contributed by atoms with Crippen LogP contribution in [0.3, 0.4) is 0 Å². The average molecular weight is 424 g/mol. The van der Waals surface area contributed by atoms with E-state index in [1.54, 1.807) is 0 Å². The van der Waals surface area contributed by atoms with Crippen molar-refractivity contribution in [2.45, 2.75) is 50.7 Å². The Labute approximate surface area is 179 Å². The summed E-state index contributed by atoms with van der Waals surface area (Å²) < 4.78 is 0. The second-order valence-corrected chi connectivity index (χ2v) is 9.50. The molecule has 2 heterocycles. The molecule has 2 aromatic rings. The SMILES string of the molecule is CC(C1CC1)N(Cc1ccccc1)C(=O)CN1C(=O)NC2(CCc3ccsc32)C1=O. The summed E-state index contributed by atoms with van der Waals surface area (Å²) in [7, 11) is 0. The van der Waals surface area contributed by atoms with Gasteiger partial charge in [-0.25, -0.2) is 4.79 Å². The summed E-state index contributed by atoms with van der Waals surface area (Å²) in [6.45, 7) is 2.35. The van der Waals surface area contributed by atoms with Gasteiger partial charge in [-0.3, -0.25) is 14.5 Å². The number of benzene rings is 1. The molecule has 2 aliphatic carbocycles. The Kier molecular flexibility index (Phi) is 4.65. The highest BCUT2D eigenvalue weighted by Gasteiger charge is 2.56. The van der Waals surface area contributed by atoms with Crippen LogP contribution < -0.4 is 5.32 Å². The lowest BCUT2D eigenvalue weighted by atomic mass is 9.99. The van der Waals surface area contributed by atoms with Gasteiger partial charge < -0.3 is 10.2 Å². The molecule has 4 amide bonds. The molecule has 30 heavy (non-hydrogen) atoms. The van der Waals surface area contributed by atoms with Crippen molar-refractivity contribution in [1.29, 1.82) is 0 Å². The number of nitrogens with one attached hydrogen (secondary N) is 1. The number of aryl methyl sites for hydroxylation is 1. The van der Waals surface area contributed by atoms with Crippen molar-refractivity contribution < 1.29 is 14.4 Å². The van der Waals surface area contributed by atoms with Gasteiger partial charge in [0.2, 0.25) is 5.91 Å². The fourth-order valence-corrected chi connectivity index (χ4v) is 5.87. The molecule has 7 heteroatoms. The first kappa shape index (κ1) is 19.3. The van der Waals surface area contributed by atoms with Gasteiger partial charge in [-0.15, -0.1) is 11.3 Å². The predicted octanol–water partition coefficient (Wildman–Crippen LogP) is 3.27. The van der Waals surface area contributed by atoms with Gasteiger partial charge in [0.1, 0.15) is 6.54 Å². The molecule has 0 bridgehead atoms. The molecule has 2 unspecified atom stereocenters. The minimum Gasteiger partial charge on any atom is -0.334 e. The fraction of sp³-hybridized carbons (Fsp3) is 0.435. The van der Waals surface area contributed by atoms with Crippen molar-refractivity contribution in [3.05, 3.63) is 57.8 Å². The number of hydrogen-bond acceptors (Lipinski definition) is 4. The summed E-state index contributed by atoms with van der Waals surface area (Å²) in [5.41, 5.74) is 1.19. The standard InChI is InChI=1S/C23H25N3O3S/c1-15(17-7-8-17)25(13-16-5-3-2-4-6-16)19(27)14-26-21(28)23(24-22(26)29)11-9-18-10-12-30-20(18)23/h2-6,10,12,15,17H,7-9,11,13-14H2,1H3,(H,24,29). The molecule has 156 valence electrons. The van der Waals surface area contributed by atoms with Gasteiger partial charge in [-0.2, -0.15) is 0 Å². The maximum absolute atomic E-state index is 13.3. The van der Waals surface area contributed by atoms with Gasteiger partial charge in [0, 0.05) is 17.5 Å². The average Bonchev–Trinajstić information content (AvgIpc) is 3.32. The number of carbonyl (C=O) groups excluding carboxylic acids is 3. The van der Waals surface area contributed by atoms with E-state index in [2.05, 4.69) is 12.2 Å². The van der Waals surface area contributed by atoms with Crippen molar-refractivity contribution >= 4 is 29.2 Å². The van der Waals surface area contributed by atoms with Crippen LogP contribution >= 0.6 is 11.3 Å². The van der Waals surface area contributed by atoms with Crippen LogP contribution in [0.2, 0.25) is 0 Å². The first-order valence-electron chi connectivity index (χ1n) is 10.5. The quantitative estimate of drug-likeness (QED) is 0.725. The summed E-state index contributed by atoms with van der Waals surface area (Å²) in [6.07, 6.45) is 3.57. The fourth-order valence-electron chi connectivity index (χ4n) is 4.73. The van der Waals surface area contributed by atoms with E-state index in [4.69, 9.17) is 0 Å². The monoisotopic (exact) mass is 423 g/mol. The highest BCUT2D eigenvalue weighted by Crippen LogP contribution is 2.44. The van der Waals surface area contributed by atoms with Crippen LogP contribution in [-0.4, -0.2) is 40.2 Å². The summed E-state index contributed by atoms with van der Waals surface area (Å²) in [5, 5.41) is 4.86. The van der Waals surface area contributed by atoms with E-state index in [0.717, 1.165) is 40.2 Å². The first-order chi connectivity index (χ1) is 14.5. The molecule has 1 saturated heterocycles. The number of rotatable bonds is 6. The zero-order valence-electron chi connectivity index (χ0n) is 17.0. The number of nitrogens with zero attached hydrogens (tertiary/aromatic N) is 2. The van der Waals surface area contributed by atoms with Gasteiger partial charge in [-0.05, 0) is 61.1 Å². The Balaban J connectivity index is 1.36. The van der Waals surface area contributed by atoms with Gasteiger partial charge >= 0.3 is 6.03 Å². The van der Waals surface area contributed by atoms with E-state index in [1.807, 2.05) is 46.7 Å². The molecule has 1 aromatic heterocycles. The molecule has 1 N–H and O–H groups in total. The third-order valence-corrected chi connectivity index (χ3v) is 7.80. The Morgan fingerprint density at radius 2 is 2.03 bits per heavy atom. The number of carbonyl (C=O) groups is 3. The smallest absolute Gasteiger partial charge is 0.325 e. The van der Waals surface area contributed by atoms with Crippen molar-refractivity contribution in [3.63, 3.8) is 0 Å². The highest BCUT2D eigenvalue weighted by atomic mass is 32.1. The van der Waals surface area contributed by atoms with Crippen LogP contribution in [0, 0.1) is 5.92 Å². The van der Waals surface area contributed by atoms with Gasteiger partial charge in [0.05, 0.1) is 0 Å². The Bertz CT molecular complexity index is 1000. The number of amides is 4. The molecule has 5 rings (SSSR count). The van der Waals surface area contributed by atoms with Gasteiger partial charge in [0.25, 0.3) is 5.91 Å². The molecule has 3 aliphatic rings. The topological polar surface area (TPSA) is 69.7 Å². The Hall–Kier alpha value is -2.67. The largest absolute Gasteiger partial charge is 0.334 e. The molecule has 1 aromatic carbocycles. The van der Waals surface area contributed by atoms with E-state index in [0.29, 0.717) is 18.9 Å². The van der Waals surface area contributed by atoms with E-state index in [9.17, 15) is 14.4 Å². The molecular weight excluding hydrogens is 398 g/mol. The van der Waals surface area contributed by atoms with E-state index < -0.39 is 11.6 Å². The van der Waals surface area contributed by atoms with Crippen LogP contribution in [0.5, 0.6) is 0 Å². The zero-order valence-corrected chi connectivity index (χ0v) is 17.8. The molecule has 2 atom stereocenters. The second kappa shape index (κ2) is 7.23. The predicted molar refractivity (Wildman–Crippen MR) is 114 cm³/mol. The van der Waals surface area contributed by atoms with Crippen LogP contribution in [0.4, 0.5) is 4.79 Å². The summed E-state index contributed by atoms with van der Waals surface area (Å²) in [6, 6.07) is 11.5. The molecule has 0 radical (unpaired) electrons. The van der Waals surface area contributed by atoms with Crippen molar-refractivity contribution in [3.8, 4) is 0 Å². The minimum atomic E-state index is -0.979. The molecule has 1 spiro atoms. The van der Waals surface area contributed by atoms with Crippen molar-refractivity contribution in [2.75, 3.05) is 6.54 Å².